The van der Waals surface area contributed by atoms with Gasteiger partial charge in [-0.25, -0.2) is 10.9 Å². The molecular formula is C24H30N4O6. The first-order valence-electron chi connectivity index (χ1n) is 11.0. The molecule has 0 aliphatic carbocycles. The molecule has 0 spiro atoms. The maximum atomic E-state index is 11.8. The molecule has 2 aromatic carbocycles. The van der Waals surface area contributed by atoms with E-state index < -0.39 is 0 Å². The number of unbranched alkanes of at least 4 members (excludes halogenated alkanes) is 5. The average Bonchev–Trinajstić information content (AvgIpc) is 2.78. The molecule has 2 amide bonds. The summed E-state index contributed by atoms with van der Waals surface area (Å²) in [6.45, 7) is 0. The number of phenolic OH excluding ortho intramolecular Hbond substituents is 4. The number of hydrogen-bond acceptors (Lipinski definition) is 8. The standard InChI is InChI=1S/C24H30N4O6/c29-19-11-9-17(21(31)13-19)15-25-27-23(33)7-5-3-1-2-4-6-8-24(34)28-26-16-18-10-12-20(30)14-22(18)32/h9-16,29-32H,1-8H2,(H,27,33)(H,28,34)/b25-15+,26-16+. The fourth-order valence-electron chi connectivity index (χ4n) is 3.02. The van der Waals surface area contributed by atoms with Crippen LogP contribution < -0.4 is 10.9 Å². The first-order chi connectivity index (χ1) is 16.3. The lowest BCUT2D eigenvalue weighted by Crippen LogP contribution is -2.17. The van der Waals surface area contributed by atoms with Crippen molar-refractivity contribution < 1.29 is 30.0 Å². The van der Waals surface area contributed by atoms with Gasteiger partial charge in [-0.2, -0.15) is 10.2 Å². The predicted molar refractivity (Wildman–Crippen MR) is 128 cm³/mol. The summed E-state index contributed by atoms with van der Waals surface area (Å²) in [5.41, 5.74) is 5.58. The second-order valence-corrected chi connectivity index (χ2v) is 7.69. The minimum Gasteiger partial charge on any atom is -0.508 e. The van der Waals surface area contributed by atoms with E-state index in [0.29, 0.717) is 24.0 Å². The molecule has 0 saturated carbocycles. The van der Waals surface area contributed by atoms with Crippen molar-refractivity contribution in [2.45, 2.75) is 51.4 Å². The van der Waals surface area contributed by atoms with Crippen molar-refractivity contribution in [3.05, 3.63) is 47.5 Å². The second-order valence-electron chi connectivity index (χ2n) is 7.69. The van der Waals surface area contributed by atoms with Crippen LogP contribution in [0.25, 0.3) is 0 Å². The molecule has 0 radical (unpaired) electrons. The molecule has 2 aromatic rings. The Morgan fingerprint density at radius 3 is 1.41 bits per heavy atom. The molecule has 0 saturated heterocycles. The van der Waals surface area contributed by atoms with E-state index in [4.69, 9.17) is 0 Å². The lowest BCUT2D eigenvalue weighted by Gasteiger charge is -2.03. The number of rotatable bonds is 13. The number of phenols is 4. The predicted octanol–water partition coefficient (Wildman–Crippen LogP) is 3.23. The molecule has 6 N–H and O–H groups in total. The Labute approximate surface area is 197 Å². The number of amides is 2. The molecule has 182 valence electrons. The number of benzene rings is 2. The summed E-state index contributed by atoms with van der Waals surface area (Å²) < 4.78 is 0. The number of hydrogen-bond donors (Lipinski definition) is 6. The third-order valence-electron chi connectivity index (χ3n) is 4.87. The van der Waals surface area contributed by atoms with Crippen molar-refractivity contribution in [2.24, 2.45) is 10.2 Å². The SMILES string of the molecule is O=C(CCCCCCCCC(=O)N/N=C/c1ccc(O)cc1O)N/N=C/c1ccc(O)cc1O. The Kier molecular flexibility index (Phi) is 10.9. The summed E-state index contributed by atoms with van der Waals surface area (Å²) in [7, 11) is 0. The highest BCUT2D eigenvalue weighted by Crippen LogP contribution is 2.21. The van der Waals surface area contributed by atoms with E-state index in [0.717, 1.165) is 38.5 Å². The summed E-state index contributed by atoms with van der Waals surface area (Å²) in [6.07, 6.45) is 8.46. The largest absolute Gasteiger partial charge is 0.508 e. The first-order valence-corrected chi connectivity index (χ1v) is 11.0. The Balaban J connectivity index is 1.48. The maximum absolute atomic E-state index is 11.8. The molecule has 0 heterocycles. The molecule has 0 bridgehead atoms. The van der Waals surface area contributed by atoms with Crippen LogP contribution in [0.1, 0.15) is 62.5 Å². The third kappa shape index (κ3) is 10.0. The van der Waals surface area contributed by atoms with Crippen LogP contribution in [0.5, 0.6) is 23.0 Å². The van der Waals surface area contributed by atoms with Gasteiger partial charge in [0.15, 0.2) is 0 Å². The summed E-state index contributed by atoms with van der Waals surface area (Å²) in [4.78, 5) is 23.6. The fourth-order valence-corrected chi connectivity index (χ4v) is 3.02. The van der Waals surface area contributed by atoms with Crippen LogP contribution in [-0.4, -0.2) is 44.7 Å². The smallest absolute Gasteiger partial charge is 0.240 e. The molecule has 10 nitrogen and oxygen atoms in total. The zero-order valence-electron chi connectivity index (χ0n) is 18.8. The zero-order valence-corrected chi connectivity index (χ0v) is 18.8. The summed E-state index contributed by atoms with van der Waals surface area (Å²) in [5.74, 6) is -0.796. The van der Waals surface area contributed by atoms with Gasteiger partial charge in [0, 0.05) is 36.1 Å². The zero-order chi connectivity index (χ0) is 24.8. The highest BCUT2D eigenvalue weighted by atomic mass is 16.3. The van der Waals surface area contributed by atoms with Gasteiger partial charge in [0.1, 0.15) is 23.0 Å². The van der Waals surface area contributed by atoms with Crippen LogP contribution in [-0.2, 0) is 9.59 Å². The van der Waals surface area contributed by atoms with Gasteiger partial charge in [0.05, 0.1) is 12.4 Å². The minimum absolute atomic E-state index is 0.0556. The van der Waals surface area contributed by atoms with Gasteiger partial charge in [-0.05, 0) is 37.1 Å². The van der Waals surface area contributed by atoms with Gasteiger partial charge < -0.3 is 20.4 Å². The van der Waals surface area contributed by atoms with E-state index in [9.17, 15) is 30.0 Å². The Morgan fingerprint density at radius 2 is 1.03 bits per heavy atom. The van der Waals surface area contributed by atoms with Crippen LogP contribution >= 0.6 is 0 Å². The fraction of sp³-hybridized carbons (Fsp3) is 0.333. The minimum atomic E-state index is -0.215. The van der Waals surface area contributed by atoms with E-state index in [-0.39, 0.29) is 34.8 Å². The molecule has 2 rings (SSSR count). The molecular weight excluding hydrogens is 440 g/mol. The highest BCUT2D eigenvalue weighted by molar-refractivity contribution is 5.86. The van der Waals surface area contributed by atoms with Gasteiger partial charge >= 0.3 is 0 Å². The van der Waals surface area contributed by atoms with Gasteiger partial charge in [-0.3, -0.25) is 9.59 Å². The van der Waals surface area contributed by atoms with Crippen molar-refractivity contribution in [1.82, 2.24) is 10.9 Å². The monoisotopic (exact) mass is 470 g/mol. The summed E-state index contributed by atoms with van der Waals surface area (Å²) in [6, 6.07) is 8.18. The molecule has 0 aliphatic rings. The van der Waals surface area contributed by atoms with Crippen molar-refractivity contribution in [2.75, 3.05) is 0 Å². The molecule has 10 heteroatoms. The number of carbonyl (C=O) groups is 2. The maximum Gasteiger partial charge on any atom is 0.240 e. The number of aromatic hydroxyl groups is 4. The van der Waals surface area contributed by atoms with Crippen LogP contribution in [0.3, 0.4) is 0 Å². The van der Waals surface area contributed by atoms with Crippen LogP contribution in [0.2, 0.25) is 0 Å². The summed E-state index contributed by atoms with van der Waals surface area (Å²) >= 11 is 0. The van der Waals surface area contributed by atoms with E-state index in [1.807, 2.05) is 0 Å². The van der Waals surface area contributed by atoms with Crippen LogP contribution in [0.15, 0.2) is 46.6 Å². The lowest BCUT2D eigenvalue weighted by molar-refractivity contribution is -0.122. The quantitative estimate of drug-likeness (QED) is 0.149. The lowest BCUT2D eigenvalue weighted by atomic mass is 10.1. The van der Waals surface area contributed by atoms with E-state index in [2.05, 4.69) is 21.1 Å². The molecule has 0 aromatic heterocycles. The van der Waals surface area contributed by atoms with E-state index in [1.54, 1.807) is 0 Å². The van der Waals surface area contributed by atoms with Gasteiger partial charge in [0.25, 0.3) is 0 Å². The van der Waals surface area contributed by atoms with E-state index >= 15 is 0 Å². The van der Waals surface area contributed by atoms with Gasteiger partial charge in [-0.15, -0.1) is 0 Å². The van der Waals surface area contributed by atoms with Crippen molar-refractivity contribution >= 4 is 24.2 Å². The average molecular weight is 471 g/mol. The normalized spacial score (nSPS) is 11.2. The molecule has 34 heavy (non-hydrogen) atoms. The molecule has 0 atom stereocenters. The van der Waals surface area contributed by atoms with E-state index in [1.165, 1.54) is 48.8 Å². The highest BCUT2D eigenvalue weighted by Gasteiger charge is 2.03. The van der Waals surface area contributed by atoms with Gasteiger partial charge in [0.2, 0.25) is 11.8 Å². The van der Waals surface area contributed by atoms with Gasteiger partial charge in [-0.1, -0.05) is 25.7 Å². The molecule has 0 unspecified atom stereocenters. The van der Waals surface area contributed by atoms with Crippen molar-refractivity contribution in [3.8, 4) is 23.0 Å². The molecule has 0 aliphatic heterocycles. The van der Waals surface area contributed by atoms with Crippen LogP contribution in [0, 0.1) is 0 Å². The second kappa shape index (κ2) is 14.1. The molecule has 0 fully saturated rings. The summed E-state index contributed by atoms with van der Waals surface area (Å²) in [5, 5.41) is 45.3. The Morgan fingerprint density at radius 1 is 0.647 bits per heavy atom. The van der Waals surface area contributed by atoms with Crippen molar-refractivity contribution in [3.63, 3.8) is 0 Å². The number of carbonyl (C=O) groups excluding carboxylic acids is 2. The Hall–Kier alpha value is -4.08. The van der Waals surface area contributed by atoms with Crippen molar-refractivity contribution in [1.29, 1.82) is 0 Å². The number of nitrogens with zero attached hydrogens (tertiary/aromatic N) is 2. The Bertz CT molecular complexity index is 941. The number of nitrogens with one attached hydrogen (secondary N) is 2. The first kappa shape index (κ1) is 26.2. The van der Waals surface area contributed by atoms with Crippen LogP contribution in [0.4, 0.5) is 0 Å². The topological polar surface area (TPSA) is 164 Å². The number of hydrazone groups is 2. The third-order valence-corrected chi connectivity index (χ3v) is 4.87.